The molecule has 34 heavy (non-hydrogen) atoms. The van der Waals surface area contributed by atoms with Crippen LogP contribution in [-0.2, 0) is 36.8 Å². The van der Waals surface area contributed by atoms with Crippen molar-refractivity contribution in [3.05, 3.63) is 33.1 Å². The number of carbonyl (C=O) groups excluding carboxylic acids is 1. The van der Waals surface area contributed by atoms with Crippen LogP contribution in [0, 0.1) is 0 Å². The molecule has 3 rings (SSSR count). The van der Waals surface area contributed by atoms with Gasteiger partial charge < -0.3 is 39.7 Å². The molecule has 0 aromatic carbocycles. The normalized spacial score (nSPS) is 35.6. The molecule has 0 radical (unpaired) electrons. The third-order valence-corrected chi connectivity index (χ3v) is 7.23. The first-order valence-corrected chi connectivity index (χ1v) is 12.2. The van der Waals surface area contributed by atoms with Gasteiger partial charge in [-0.25, -0.2) is 13.9 Å². The van der Waals surface area contributed by atoms with Crippen LogP contribution < -0.4 is 11.2 Å². The van der Waals surface area contributed by atoms with Crippen molar-refractivity contribution in [2.45, 2.75) is 43.0 Å². The largest absolute Gasteiger partial charge is 0.483 e. The number of hydrogen-bond donors (Lipinski definition) is 7. The Balaban J connectivity index is 1.60. The number of phosphoric ester groups is 2. The molecule has 0 aliphatic carbocycles. The van der Waals surface area contributed by atoms with Gasteiger partial charge in [-0.05, 0) is 0 Å². The smallest absolute Gasteiger partial charge is 0.387 e. The van der Waals surface area contributed by atoms with Gasteiger partial charge in [-0.2, -0.15) is 4.31 Å². The summed E-state index contributed by atoms with van der Waals surface area (Å²) in [6, 6.07) is 0.935. The lowest BCUT2D eigenvalue weighted by Gasteiger charge is -2.31. The lowest BCUT2D eigenvalue weighted by molar-refractivity contribution is -0.209. The number of rotatable bonds is 8. The molecule has 0 amide bonds. The average Bonchev–Trinajstić information content (AvgIpc) is 3.00. The first-order valence-electron chi connectivity index (χ1n) is 9.24. The Labute approximate surface area is 188 Å². The summed E-state index contributed by atoms with van der Waals surface area (Å²) in [6.45, 7) is -1.80. The Morgan fingerprint density at radius 1 is 1.06 bits per heavy atom. The monoisotopic (exact) mass is 534 g/mol. The Kier molecular flexibility index (Phi) is 8.06. The molecule has 1 aromatic heterocycles. The molecule has 0 spiro atoms. The van der Waals surface area contributed by atoms with E-state index in [1.54, 1.807) is 0 Å². The van der Waals surface area contributed by atoms with Crippen LogP contribution in [0.3, 0.4) is 0 Å². The van der Waals surface area contributed by atoms with Crippen LogP contribution in [0.25, 0.3) is 0 Å². The van der Waals surface area contributed by atoms with E-state index in [1.807, 2.05) is 4.98 Å². The SMILES string of the molecule is O=C1CO[C@H](OP(=O)(O)OP(=O)(O)OC[C@H]2O[C@@H](n3ccc(=O)[nH]c3=O)[C@H](O)[C@@H]2O)[C@H](O)[C@H]1O. The maximum Gasteiger partial charge on any atom is 0.483 e. The summed E-state index contributed by atoms with van der Waals surface area (Å²) in [5.41, 5.74) is -1.73. The maximum absolute atomic E-state index is 12.1. The minimum absolute atomic E-state index is 0.731. The van der Waals surface area contributed by atoms with Crippen molar-refractivity contribution < 1.29 is 67.0 Å². The van der Waals surface area contributed by atoms with Crippen LogP contribution in [0.4, 0.5) is 0 Å². The van der Waals surface area contributed by atoms with Crippen molar-refractivity contribution in [3.63, 3.8) is 0 Å². The number of hydrogen-bond acceptors (Lipinski definition) is 14. The van der Waals surface area contributed by atoms with Gasteiger partial charge >= 0.3 is 21.3 Å². The number of Topliss-reactive ketones (excluding diaryl/α,β-unsaturated/α-hetero) is 1. The van der Waals surface area contributed by atoms with Gasteiger partial charge in [-0.15, -0.1) is 0 Å². The molecule has 9 atom stereocenters. The molecule has 192 valence electrons. The number of ether oxygens (including phenoxy) is 2. The number of aromatic nitrogens is 2. The van der Waals surface area contributed by atoms with Gasteiger partial charge in [0.15, 0.2) is 18.3 Å². The van der Waals surface area contributed by atoms with Crippen molar-refractivity contribution in [1.82, 2.24) is 9.55 Å². The molecular weight excluding hydrogens is 514 g/mol. The van der Waals surface area contributed by atoms with Crippen LogP contribution in [0.1, 0.15) is 6.23 Å². The van der Waals surface area contributed by atoms with E-state index in [1.165, 1.54) is 0 Å². The summed E-state index contributed by atoms with van der Waals surface area (Å²) >= 11 is 0. The molecule has 2 aliphatic heterocycles. The third-order valence-electron chi connectivity index (χ3n) is 4.63. The van der Waals surface area contributed by atoms with E-state index in [9.17, 15) is 53.7 Å². The third kappa shape index (κ3) is 6.13. The molecule has 1 aromatic rings. The lowest BCUT2D eigenvalue weighted by atomic mass is 10.1. The second-order valence-electron chi connectivity index (χ2n) is 7.06. The van der Waals surface area contributed by atoms with Crippen molar-refractivity contribution in [3.8, 4) is 0 Å². The number of ketones is 1. The molecule has 2 fully saturated rings. The second kappa shape index (κ2) is 10.2. The molecule has 18 nitrogen and oxygen atoms in total. The van der Waals surface area contributed by atoms with Crippen molar-refractivity contribution in [2.75, 3.05) is 13.2 Å². The van der Waals surface area contributed by atoms with Crippen LogP contribution in [0.2, 0.25) is 0 Å². The minimum atomic E-state index is -5.50. The quantitative estimate of drug-likeness (QED) is 0.157. The van der Waals surface area contributed by atoms with Gasteiger partial charge in [0.05, 0.1) is 6.61 Å². The molecule has 2 unspecified atom stereocenters. The number of nitrogens with one attached hydrogen (secondary N) is 1. The highest BCUT2D eigenvalue weighted by molar-refractivity contribution is 7.61. The Morgan fingerprint density at radius 2 is 1.74 bits per heavy atom. The highest BCUT2D eigenvalue weighted by Gasteiger charge is 2.47. The van der Waals surface area contributed by atoms with Gasteiger partial charge in [-0.1, -0.05) is 0 Å². The maximum atomic E-state index is 12.1. The fourth-order valence-corrected chi connectivity index (χ4v) is 5.15. The first-order chi connectivity index (χ1) is 15.7. The highest BCUT2D eigenvalue weighted by Crippen LogP contribution is 2.61. The molecule has 0 bridgehead atoms. The summed E-state index contributed by atoms with van der Waals surface area (Å²) in [7, 11) is -10.9. The zero-order valence-corrected chi connectivity index (χ0v) is 18.5. The first kappa shape index (κ1) is 27.0. The number of aliphatic hydroxyl groups is 4. The number of carbonyl (C=O) groups is 1. The highest BCUT2D eigenvalue weighted by atomic mass is 31.3. The summed E-state index contributed by atoms with van der Waals surface area (Å²) in [5.74, 6) is -0.947. The zero-order valence-electron chi connectivity index (χ0n) is 16.7. The second-order valence-corrected chi connectivity index (χ2v) is 10.1. The molecule has 3 heterocycles. The van der Waals surface area contributed by atoms with E-state index in [-0.39, 0.29) is 0 Å². The zero-order chi connectivity index (χ0) is 25.4. The van der Waals surface area contributed by atoms with E-state index < -0.39 is 88.9 Å². The van der Waals surface area contributed by atoms with E-state index in [0.29, 0.717) is 0 Å². The number of phosphoric acid groups is 2. The number of aromatic amines is 1. The molecule has 0 saturated carbocycles. The van der Waals surface area contributed by atoms with Crippen LogP contribution in [0.5, 0.6) is 0 Å². The van der Waals surface area contributed by atoms with E-state index in [2.05, 4.69) is 18.1 Å². The molecular formula is C14H20N2O16P2. The average molecular weight is 534 g/mol. The van der Waals surface area contributed by atoms with Crippen LogP contribution in [0.15, 0.2) is 21.9 Å². The van der Waals surface area contributed by atoms with E-state index in [4.69, 9.17) is 4.74 Å². The Bertz CT molecular complexity index is 1120. The fourth-order valence-electron chi connectivity index (χ4n) is 2.98. The Morgan fingerprint density at radius 3 is 2.38 bits per heavy atom. The number of H-pyrrole nitrogens is 1. The van der Waals surface area contributed by atoms with Gasteiger partial charge in [0, 0.05) is 12.3 Å². The van der Waals surface area contributed by atoms with Crippen LogP contribution in [-0.4, -0.2) is 95.6 Å². The van der Waals surface area contributed by atoms with Gasteiger partial charge in [0.25, 0.3) is 5.56 Å². The predicted molar refractivity (Wildman–Crippen MR) is 102 cm³/mol. The van der Waals surface area contributed by atoms with Crippen molar-refractivity contribution in [1.29, 1.82) is 0 Å². The van der Waals surface area contributed by atoms with Crippen LogP contribution >= 0.6 is 15.6 Å². The number of aliphatic hydroxyl groups excluding tert-OH is 4. The summed E-state index contributed by atoms with van der Waals surface area (Å²) in [4.78, 5) is 55.5. The minimum Gasteiger partial charge on any atom is -0.387 e. The molecule has 7 N–H and O–H groups in total. The summed E-state index contributed by atoms with van der Waals surface area (Å²) in [6.07, 6.45) is -11.8. The fraction of sp³-hybridized carbons (Fsp3) is 0.643. The lowest BCUT2D eigenvalue weighted by Crippen LogP contribution is -2.51. The van der Waals surface area contributed by atoms with Crippen molar-refractivity contribution in [2.24, 2.45) is 0 Å². The molecule has 2 saturated heterocycles. The summed E-state index contributed by atoms with van der Waals surface area (Å²) < 4.78 is 47.5. The van der Waals surface area contributed by atoms with Gasteiger partial charge in [-0.3, -0.25) is 28.2 Å². The summed E-state index contributed by atoms with van der Waals surface area (Å²) in [5, 5.41) is 39.3. The number of nitrogens with zero attached hydrogens (tertiary/aromatic N) is 1. The molecule has 20 heteroatoms. The van der Waals surface area contributed by atoms with Gasteiger partial charge in [0.1, 0.15) is 37.1 Å². The van der Waals surface area contributed by atoms with Crippen molar-refractivity contribution >= 4 is 21.4 Å². The van der Waals surface area contributed by atoms with E-state index in [0.717, 1.165) is 16.8 Å². The Hall–Kier alpha value is -1.63. The standard InChI is InChI=1S/C14H20N2O16P2/c17-5-3-28-13(11(22)8(5)19)31-34(26,27)32-33(24,25)29-4-6-9(20)10(21)12(30-6)16-2-1-7(18)15-14(16)23/h1-2,6,8-13,19-22H,3-4H2,(H,24,25)(H,26,27)(H,15,18,23)/t6-,8+,9-,10-,11-,12-,13-/m1/s1. The molecule has 2 aliphatic rings. The predicted octanol–water partition coefficient (Wildman–Crippen LogP) is -3.95. The van der Waals surface area contributed by atoms with Gasteiger partial charge in [0.2, 0.25) is 0 Å². The topological polar surface area (TPSA) is 274 Å². The van der Waals surface area contributed by atoms with E-state index >= 15 is 0 Å².